The van der Waals surface area contributed by atoms with Gasteiger partial charge in [0.05, 0.1) is 5.97 Å². The summed E-state index contributed by atoms with van der Waals surface area (Å²) >= 11 is 0.980. The molecule has 2 aromatic heterocycles. The molecule has 6 nitrogen and oxygen atoms in total. The van der Waals surface area contributed by atoms with Crippen molar-refractivity contribution < 1.29 is 18.3 Å². The van der Waals surface area contributed by atoms with Gasteiger partial charge in [0.25, 0.3) is 10.0 Å². The topological polar surface area (TPSA) is 82.4 Å². The van der Waals surface area contributed by atoms with Crippen molar-refractivity contribution in [2.24, 2.45) is 0 Å². The Morgan fingerprint density at radius 1 is 1.21 bits per heavy atom. The average Bonchev–Trinajstić information content (AvgIpc) is 3.33. The van der Waals surface area contributed by atoms with Gasteiger partial charge in [0, 0.05) is 41.0 Å². The van der Waals surface area contributed by atoms with E-state index in [1.807, 2.05) is 19.9 Å². The monoisotopic (exact) mass is 421 g/mol. The Labute approximate surface area is 170 Å². The van der Waals surface area contributed by atoms with Gasteiger partial charge < -0.3 is 14.5 Å². The fourth-order valence-electron chi connectivity index (χ4n) is 3.79. The number of carbonyl (C=O) groups excluding carboxylic acids is 1. The predicted octanol–water partition coefficient (Wildman–Crippen LogP) is 2.82. The molecule has 28 heavy (non-hydrogen) atoms. The van der Waals surface area contributed by atoms with E-state index in [0.29, 0.717) is 18.0 Å². The van der Waals surface area contributed by atoms with Gasteiger partial charge in [0.2, 0.25) is 0 Å². The van der Waals surface area contributed by atoms with Gasteiger partial charge in [-0.25, -0.2) is 8.42 Å². The molecule has 0 saturated carbocycles. The Morgan fingerprint density at radius 3 is 2.39 bits per heavy atom. The molecule has 152 valence electrons. The number of carboxylic acids is 1. The lowest BCUT2D eigenvalue weighted by atomic mass is 10.1. The van der Waals surface area contributed by atoms with Gasteiger partial charge in [-0.3, -0.25) is 0 Å². The zero-order chi connectivity index (χ0) is 20.6. The molecule has 8 heteroatoms. The van der Waals surface area contributed by atoms with Crippen LogP contribution in [0.15, 0.2) is 22.4 Å². The molecule has 0 amide bonds. The second kappa shape index (κ2) is 7.85. The summed E-state index contributed by atoms with van der Waals surface area (Å²) in [4.78, 5) is 12.2. The number of sulfonamides is 1. The van der Waals surface area contributed by atoms with E-state index in [1.54, 1.807) is 12.1 Å². The molecule has 0 radical (unpaired) electrons. The van der Waals surface area contributed by atoms with Gasteiger partial charge in [-0.2, -0.15) is 4.31 Å². The molecule has 2 aromatic rings. The third kappa shape index (κ3) is 3.81. The van der Waals surface area contributed by atoms with E-state index >= 15 is 0 Å². The third-order valence-electron chi connectivity index (χ3n) is 5.07. The molecule has 3 heterocycles. The summed E-state index contributed by atoms with van der Waals surface area (Å²) in [5.41, 5.74) is 2.80. The number of aromatic nitrogens is 1. The molecule has 0 bridgehead atoms. The van der Waals surface area contributed by atoms with E-state index in [9.17, 15) is 18.3 Å². The number of carbonyl (C=O) groups is 1. The van der Waals surface area contributed by atoms with E-state index in [4.69, 9.17) is 0 Å². The normalized spacial score (nSPS) is 16.2. The molecule has 0 aliphatic carbocycles. The number of nitrogens with zero attached hydrogens (tertiary/aromatic N) is 2. The maximum Gasteiger partial charge on any atom is 0.252 e. The number of aryl methyl sites for hydroxylation is 1. The van der Waals surface area contributed by atoms with Crippen LogP contribution in [0.1, 0.15) is 54.6 Å². The molecular formula is C20H25N2O4S2-. The second-order valence-electron chi connectivity index (χ2n) is 7.37. The van der Waals surface area contributed by atoms with E-state index in [2.05, 4.69) is 18.4 Å². The summed E-state index contributed by atoms with van der Waals surface area (Å²) in [5.74, 6) is -1.32. The van der Waals surface area contributed by atoms with Crippen LogP contribution in [0.4, 0.5) is 0 Å². The highest BCUT2D eigenvalue weighted by atomic mass is 32.2. The minimum atomic E-state index is -3.56. The Kier molecular flexibility index (Phi) is 5.84. The first kappa shape index (κ1) is 20.8. The lowest BCUT2D eigenvalue weighted by molar-refractivity contribution is -0.295. The summed E-state index contributed by atoms with van der Waals surface area (Å²) < 4.78 is 29.2. The zero-order valence-corrected chi connectivity index (χ0v) is 18.2. The maximum atomic E-state index is 12.7. The van der Waals surface area contributed by atoms with Crippen molar-refractivity contribution in [1.82, 2.24) is 8.87 Å². The second-order valence-corrected chi connectivity index (χ2v) is 10.6. The van der Waals surface area contributed by atoms with Crippen molar-refractivity contribution in [2.45, 2.75) is 50.8 Å². The van der Waals surface area contributed by atoms with Crippen LogP contribution in [0.2, 0.25) is 0 Å². The van der Waals surface area contributed by atoms with Crippen molar-refractivity contribution in [2.75, 3.05) is 13.1 Å². The Hall–Kier alpha value is -1.90. The van der Waals surface area contributed by atoms with E-state index in [0.717, 1.165) is 41.1 Å². The van der Waals surface area contributed by atoms with Crippen molar-refractivity contribution in [1.29, 1.82) is 0 Å². The largest absolute Gasteiger partial charge is 0.545 e. The van der Waals surface area contributed by atoms with Crippen LogP contribution in [0.5, 0.6) is 0 Å². The van der Waals surface area contributed by atoms with Crippen LogP contribution in [0.25, 0.3) is 11.6 Å². The summed E-state index contributed by atoms with van der Waals surface area (Å²) in [6.45, 7) is 9.10. The number of hydrogen-bond acceptors (Lipinski definition) is 5. The minimum Gasteiger partial charge on any atom is -0.545 e. The van der Waals surface area contributed by atoms with Gasteiger partial charge >= 0.3 is 0 Å². The molecule has 1 aliphatic heterocycles. The van der Waals surface area contributed by atoms with Crippen LogP contribution < -0.4 is 5.11 Å². The maximum absolute atomic E-state index is 12.7. The van der Waals surface area contributed by atoms with Gasteiger partial charge in [-0.15, -0.1) is 11.3 Å². The lowest BCUT2D eigenvalue weighted by Gasteiger charge is -2.14. The highest BCUT2D eigenvalue weighted by Crippen LogP contribution is 2.32. The Morgan fingerprint density at radius 2 is 1.86 bits per heavy atom. The van der Waals surface area contributed by atoms with Crippen molar-refractivity contribution in [3.63, 3.8) is 0 Å². The van der Waals surface area contributed by atoms with Crippen molar-refractivity contribution in [3.8, 4) is 0 Å². The standard InChI is InChI=1S/C20H26N2O4S2/c1-13(2)22-14(3)11-16(15(22)4)12-17(20(23)24)18-7-8-19(27-18)28(25,26)21-9-5-6-10-21/h7-8,11-13H,5-6,9-10H2,1-4H3,(H,23,24)/p-1/b17-12-. The SMILES string of the molecule is Cc1cc(/C=C(\C(=O)[O-])c2ccc(S(=O)(=O)N3CCCC3)s2)c(C)n1C(C)C. The molecule has 0 spiro atoms. The molecule has 1 saturated heterocycles. The quantitative estimate of drug-likeness (QED) is 0.672. The lowest BCUT2D eigenvalue weighted by Crippen LogP contribution is -2.27. The third-order valence-corrected chi connectivity index (χ3v) is 8.55. The molecule has 0 N–H and O–H groups in total. The van der Waals surface area contributed by atoms with Crippen molar-refractivity contribution in [3.05, 3.63) is 40.0 Å². The van der Waals surface area contributed by atoms with Crippen LogP contribution in [0, 0.1) is 13.8 Å². The van der Waals surface area contributed by atoms with Crippen LogP contribution in [-0.2, 0) is 14.8 Å². The van der Waals surface area contributed by atoms with Gasteiger partial charge in [-0.05, 0) is 70.4 Å². The summed E-state index contributed by atoms with van der Waals surface area (Å²) in [6, 6.07) is 5.24. The summed E-state index contributed by atoms with van der Waals surface area (Å²) in [7, 11) is -3.56. The Balaban J connectivity index is 2.01. The first-order chi connectivity index (χ1) is 13.1. The fraction of sp³-hybridized carbons (Fsp3) is 0.450. The number of hydrogen-bond donors (Lipinski definition) is 0. The smallest absolute Gasteiger partial charge is 0.252 e. The van der Waals surface area contributed by atoms with Crippen LogP contribution in [0.3, 0.4) is 0 Å². The highest BCUT2D eigenvalue weighted by Gasteiger charge is 2.29. The van der Waals surface area contributed by atoms with Crippen molar-refractivity contribution >= 4 is 39.0 Å². The van der Waals surface area contributed by atoms with E-state index in [1.165, 1.54) is 10.4 Å². The molecule has 1 aliphatic rings. The highest BCUT2D eigenvalue weighted by molar-refractivity contribution is 7.91. The zero-order valence-electron chi connectivity index (χ0n) is 16.6. The molecule has 0 aromatic carbocycles. The van der Waals surface area contributed by atoms with Gasteiger partial charge in [0.1, 0.15) is 4.21 Å². The predicted molar refractivity (Wildman–Crippen MR) is 109 cm³/mol. The average molecular weight is 422 g/mol. The van der Waals surface area contributed by atoms with E-state index < -0.39 is 16.0 Å². The van der Waals surface area contributed by atoms with E-state index in [-0.39, 0.29) is 15.8 Å². The Bertz CT molecular complexity index is 1020. The first-order valence-corrected chi connectivity index (χ1v) is 11.6. The number of aliphatic carboxylic acids is 1. The van der Waals surface area contributed by atoms with Crippen LogP contribution in [-0.4, -0.2) is 36.3 Å². The van der Waals surface area contributed by atoms with Gasteiger partial charge in [-0.1, -0.05) is 0 Å². The summed E-state index contributed by atoms with van der Waals surface area (Å²) in [6.07, 6.45) is 3.29. The fourth-order valence-corrected chi connectivity index (χ4v) is 6.77. The number of carboxylic acid groups (broad SMARTS) is 1. The van der Waals surface area contributed by atoms with Crippen LogP contribution >= 0.6 is 11.3 Å². The first-order valence-electron chi connectivity index (χ1n) is 9.34. The summed E-state index contributed by atoms with van der Waals surface area (Å²) in [5, 5.41) is 11.8. The minimum absolute atomic E-state index is 0.00289. The number of thiophene rings is 1. The molecule has 3 rings (SSSR count). The van der Waals surface area contributed by atoms with Gasteiger partial charge in [0.15, 0.2) is 0 Å². The molecular weight excluding hydrogens is 396 g/mol. The number of rotatable bonds is 6. The molecule has 1 fully saturated rings. The molecule has 0 unspecified atom stereocenters. The molecule has 0 atom stereocenters.